The summed E-state index contributed by atoms with van der Waals surface area (Å²) >= 11 is 1.56. The number of aromatic nitrogens is 1. The first-order valence-corrected chi connectivity index (χ1v) is 9.68. The minimum Gasteiger partial charge on any atom is -0.508 e. The summed E-state index contributed by atoms with van der Waals surface area (Å²) in [4.78, 5) is 16.8. The van der Waals surface area contributed by atoms with E-state index in [4.69, 9.17) is 9.47 Å². The van der Waals surface area contributed by atoms with Gasteiger partial charge in [-0.05, 0) is 42.0 Å². The van der Waals surface area contributed by atoms with Crippen molar-refractivity contribution < 1.29 is 19.4 Å². The Kier molecular flexibility index (Phi) is 6.49. The van der Waals surface area contributed by atoms with Gasteiger partial charge in [0.1, 0.15) is 5.75 Å². The van der Waals surface area contributed by atoms with Gasteiger partial charge in [0.05, 0.1) is 31.3 Å². The van der Waals surface area contributed by atoms with Gasteiger partial charge < -0.3 is 19.9 Å². The predicted molar refractivity (Wildman–Crippen MR) is 109 cm³/mol. The lowest BCUT2D eigenvalue weighted by atomic mass is 10.1. The number of benzene rings is 2. The van der Waals surface area contributed by atoms with E-state index in [0.29, 0.717) is 24.5 Å². The molecule has 6 nitrogen and oxygen atoms in total. The second kappa shape index (κ2) is 9.23. The summed E-state index contributed by atoms with van der Waals surface area (Å²) in [5.74, 6) is 1.43. The van der Waals surface area contributed by atoms with Gasteiger partial charge in [-0.1, -0.05) is 6.07 Å². The van der Waals surface area contributed by atoms with Gasteiger partial charge in [0.25, 0.3) is 0 Å². The number of ether oxygens (including phenoxy) is 2. The molecule has 0 radical (unpaired) electrons. The van der Waals surface area contributed by atoms with Crippen LogP contribution in [0.3, 0.4) is 0 Å². The van der Waals surface area contributed by atoms with Crippen LogP contribution < -0.4 is 14.8 Å². The molecule has 0 spiro atoms. The number of nitrogens with one attached hydrogen (secondary N) is 1. The SMILES string of the molecule is COc1ccc(CC(=O)NCCc2nc(-c3ccc(O)cc3)cs2)cc1OC. The van der Waals surface area contributed by atoms with E-state index in [1.807, 2.05) is 29.6 Å². The van der Waals surface area contributed by atoms with Crippen LogP contribution in [0.1, 0.15) is 10.6 Å². The third-order valence-electron chi connectivity index (χ3n) is 4.19. The van der Waals surface area contributed by atoms with E-state index in [1.165, 1.54) is 0 Å². The number of hydrogen-bond donors (Lipinski definition) is 2. The largest absolute Gasteiger partial charge is 0.508 e. The quantitative estimate of drug-likeness (QED) is 0.608. The van der Waals surface area contributed by atoms with Crippen molar-refractivity contribution in [3.05, 3.63) is 58.4 Å². The zero-order valence-corrected chi connectivity index (χ0v) is 16.6. The van der Waals surface area contributed by atoms with Gasteiger partial charge in [-0.3, -0.25) is 4.79 Å². The van der Waals surface area contributed by atoms with E-state index in [9.17, 15) is 9.90 Å². The molecule has 2 N–H and O–H groups in total. The second-order valence-corrected chi connectivity index (χ2v) is 7.08. The van der Waals surface area contributed by atoms with Crippen molar-refractivity contribution in [3.63, 3.8) is 0 Å². The van der Waals surface area contributed by atoms with Crippen molar-refractivity contribution in [2.45, 2.75) is 12.8 Å². The Morgan fingerprint density at radius 2 is 1.86 bits per heavy atom. The Morgan fingerprint density at radius 1 is 1.11 bits per heavy atom. The minimum absolute atomic E-state index is 0.0532. The van der Waals surface area contributed by atoms with E-state index < -0.39 is 0 Å². The van der Waals surface area contributed by atoms with Crippen LogP contribution in [0.4, 0.5) is 0 Å². The first-order chi connectivity index (χ1) is 13.6. The van der Waals surface area contributed by atoms with Gasteiger partial charge in [0.15, 0.2) is 11.5 Å². The molecule has 0 aliphatic heterocycles. The zero-order valence-electron chi connectivity index (χ0n) is 15.8. The standard InChI is InChI=1S/C21H22N2O4S/c1-26-18-8-3-14(11-19(18)27-2)12-20(25)22-10-9-21-23-17(13-28-21)15-4-6-16(24)7-5-15/h3-8,11,13,24H,9-10,12H2,1-2H3,(H,22,25). The average Bonchev–Trinajstić information content (AvgIpc) is 3.17. The highest BCUT2D eigenvalue weighted by molar-refractivity contribution is 7.09. The number of thiazole rings is 1. The highest BCUT2D eigenvalue weighted by atomic mass is 32.1. The molecule has 0 bridgehead atoms. The summed E-state index contributed by atoms with van der Waals surface area (Å²) in [7, 11) is 3.15. The van der Waals surface area contributed by atoms with Crippen molar-refractivity contribution >= 4 is 17.2 Å². The van der Waals surface area contributed by atoms with Crippen LogP contribution in [0, 0.1) is 0 Å². The highest BCUT2D eigenvalue weighted by Crippen LogP contribution is 2.27. The number of hydrogen-bond acceptors (Lipinski definition) is 6. The molecule has 2 aromatic carbocycles. The summed E-state index contributed by atoms with van der Waals surface area (Å²) < 4.78 is 10.5. The van der Waals surface area contributed by atoms with Crippen LogP contribution >= 0.6 is 11.3 Å². The van der Waals surface area contributed by atoms with Crippen LogP contribution in [-0.4, -0.2) is 36.8 Å². The Labute approximate surface area is 167 Å². The monoisotopic (exact) mass is 398 g/mol. The fraction of sp³-hybridized carbons (Fsp3) is 0.238. The molecule has 0 fully saturated rings. The smallest absolute Gasteiger partial charge is 0.224 e. The van der Waals surface area contributed by atoms with Crippen LogP contribution in [0.5, 0.6) is 17.2 Å². The number of carbonyl (C=O) groups is 1. The molecule has 0 aliphatic carbocycles. The molecule has 0 aliphatic rings. The van der Waals surface area contributed by atoms with Crippen molar-refractivity contribution in [3.8, 4) is 28.5 Å². The van der Waals surface area contributed by atoms with Crippen LogP contribution in [-0.2, 0) is 17.6 Å². The molecule has 1 heterocycles. The average molecular weight is 398 g/mol. The van der Waals surface area contributed by atoms with E-state index in [-0.39, 0.29) is 18.1 Å². The lowest BCUT2D eigenvalue weighted by Crippen LogP contribution is -2.27. The van der Waals surface area contributed by atoms with Gasteiger partial charge in [0.2, 0.25) is 5.91 Å². The maximum absolute atomic E-state index is 12.2. The summed E-state index contributed by atoms with van der Waals surface area (Å²) in [6.07, 6.45) is 0.942. The number of carbonyl (C=O) groups excluding carboxylic acids is 1. The predicted octanol–water partition coefficient (Wildman–Crippen LogP) is 3.43. The summed E-state index contributed by atoms with van der Waals surface area (Å²) in [6.45, 7) is 0.522. The molecular formula is C21H22N2O4S. The fourth-order valence-electron chi connectivity index (χ4n) is 2.74. The molecule has 28 heavy (non-hydrogen) atoms. The number of aromatic hydroxyl groups is 1. The summed E-state index contributed by atoms with van der Waals surface area (Å²) in [5, 5.41) is 15.2. The highest BCUT2D eigenvalue weighted by Gasteiger charge is 2.09. The van der Waals surface area contributed by atoms with E-state index >= 15 is 0 Å². The number of phenols is 1. The van der Waals surface area contributed by atoms with Crippen LogP contribution in [0.15, 0.2) is 47.8 Å². The Bertz CT molecular complexity index is 938. The van der Waals surface area contributed by atoms with Crippen LogP contribution in [0.25, 0.3) is 11.3 Å². The maximum Gasteiger partial charge on any atom is 0.224 e. The molecule has 0 saturated carbocycles. The first kappa shape index (κ1) is 19.7. The molecule has 3 aromatic rings. The molecule has 1 amide bonds. The molecule has 1 aromatic heterocycles. The van der Waals surface area contributed by atoms with Gasteiger partial charge >= 0.3 is 0 Å². The van der Waals surface area contributed by atoms with Crippen molar-refractivity contribution in [1.82, 2.24) is 10.3 Å². The summed E-state index contributed by atoms with van der Waals surface area (Å²) in [6, 6.07) is 12.4. The number of methoxy groups -OCH3 is 2. The molecule has 0 saturated heterocycles. The topological polar surface area (TPSA) is 80.7 Å². The third kappa shape index (κ3) is 5.01. The van der Waals surface area contributed by atoms with E-state index in [1.54, 1.807) is 43.8 Å². The minimum atomic E-state index is -0.0532. The van der Waals surface area contributed by atoms with Crippen molar-refractivity contribution in [2.75, 3.05) is 20.8 Å². The second-order valence-electron chi connectivity index (χ2n) is 6.14. The Morgan fingerprint density at radius 3 is 2.57 bits per heavy atom. The molecule has 0 atom stereocenters. The Balaban J connectivity index is 1.50. The van der Waals surface area contributed by atoms with Gasteiger partial charge in [-0.25, -0.2) is 4.98 Å². The number of nitrogens with zero attached hydrogens (tertiary/aromatic N) is 1. The van der Waals surface area contributed by atoms with Crippen molar-refractivity contribution in [2.24, 2.45) is 0 Å². The number of rotatable bonds is 8. The fourth-order valence-corrected chi connectivity index (χ4v) is 3.55. The first-order valence-electron chi connectivity index (χ1n) is 8.80. The van der Waals surface area contributed by atoms with E-state index in [0.717, 1.165) is 21.8 Å². The van der Waals surface area contributed by atoms with E-state index in [2.05, 4.69) is 10.3 Å². The van der Waals surface area contributed by atoms with Crippen molar-refractivity contribution in [1.29, 1.82) is 0 Å². The normalized spacial score (nSPS) is 10.5. The summed E-state index contributed by atoms with van der Waals surface area (Å²) in [5.41, 5.74) is 2.69. The Hall–Kier alpha value is -3.06. The van der Waals surface area contributed by atoms with Gasteiger partial charge in [0, 0.05) is 23.9 Å². The zero-order chi connectivity index (χ0) is 19.9. The van der Waals surface area contributed by atoms with Crippen LogP contribution in [0.2, 0.25) is 0 Å². The molecule has 7 heteroatoms. The molecule has 146 valence electrons. The van der Waals surface area contributed by atoms with Gasteiger partial charge in [-0.2, -0.15) is 0 Å². The molecular weight excluding hydrogens is 376 g/mol. The number of phenolic OH excluding ortho intramolecular Hbond substituents is 1. The molecule has 3 rings (SSSR count). The van der Waals surface area contributed by atoms with Gasteiger partial charge in [-0.15, -0.1) is 11.3 Å². The molecule has 0 unspecified atom stereocenters. The maximum atomic E-state index is 12.2. The number of amides is 1. The lowest BCUT2D eigenvalue weighted by molar-refractivity contribution is -0.120. The lowest BCUT2D eigenvalue weighted by Gasteiger charge is -2.09. The third-order valence-corrected chi connectivity index (χ3v) is 5.10.